The summed E-state index contributed by atoms with van der Waals surface area (Å²) in [5.74, 6) is 1.52. The van der Waals surface area contributed by atoms with Crippen molar-refractivity contribution in [2.75, 3.05) is 33.2 Å². The zero-order valence-electron chi connectivity index (χ0n) is 11.7. The molecule has 17 heavy (non-hydrogen) atoms. The van der Waals surface area contributed by atoms with E-state index in [-0.39, 0.29) is 0 Å². The van der Waals surface area contributed by atoms with Crippen LogP contribution in [0.15, 0.2) is 0 Å². The summed E-state index contributed by atoms with van der Waals surface area (Å²) in [4.78, 5) is 5.23. The summed E-state index contributed by atoms with van der Waals surface area (Å²) in [5.41, 5.74) is 5.97. The molecule has 4 unspecified atom stereocenters. The van der Waals surface area contributed by atoms with Gasteiger partial charge < -0.3 is 15.5 Å². The molecule has 2 aliphatic heterocycles. The van der Waals surface area contributed by atoms with Gasteiger partial charge in [0.25, 0.3) is 0 Å². The molecule has 4 atom stereocenters. The van der Waals surface area contributed by atoms with E-state index in [2.05, 4.69) is 30.7 Å². The van der Waals surface area contributed by atoms with E-state index in [0.717, 1.165) is 12.0 Å². The Balaban J connectivity index is 1.85. The molecule has 0 aromatic carbocycles. The number of nitrogens with two attached hydrogens (primary N) is 1. The van der Waals surface area contributed by atoms with Crippen molar-refractivity contribution in [3.8, 4) is 0 Å². The fourth-order valence-electron chi connectivity index (χ4n) is 3.47. The highest BCUT2D eigenvalue weighted by atomic mass is 15.2. The van der Waals surface area contributed by atoms with Crippen LogP contribution >= 0.6 is 0 Å². The summed E-state index contributed by atoms with van der Waals surface area (Å²) >= 11 is 0. The van der Waals surface area contributed by atoms with Gasteiger partial charge in [0.05, 0.1) is 0 Å². The second-order valence-electron chi connectivity index (χ2n) is 6.33. The monoisotopic (exact) mass is 239 g/mol. The number of piperidine rings is 2. The summed E-state index contributed by atoms with van der Waals surface area (Å²) in [6.07, 6.45) is 4.17. The number of likely N-dealkylation sites (tertiary alicyclic amines) is 2. The molecule has 3 nitrogen and oxygen atoms in total. The Labute approximate surface area is 106 Å². The van der Waals surface area contributed by atoms with Crippen molar-refractivity contribution in [3.63, 3.8) is 0 Å². The molecule has 2 fully saturated rings. The van der Waals surface area contributed by atoms with Crippen LogP contribution in [0.5, 0.6) is 0 Å². The first-order valence-corrected chi connectivity index (χ1v) is 7.26. The lowest BCUT2D eigenvalue weighted by Crippen LogP contribution is -2.53. The lowest BCUT2D eigenvalue weighted by molar-refractivity contribution is 0.0323. The number of fused-ring (bicyclic) bond motifs is 1. The van der Waals surface area contributed by atoms with Crippen molar-refractivity contribution in [1.29, 1.82) is 0 Å². The first-order valence-electron chi connectivity index (χ1n) is 7.26. The highest BCUT2D eigenvalue weighted by Crippen LogP contribution is 2.29. The maximum Gasteiger partial charge on any atom is 0.0145 e. The van der Waals surface area contributed by atoms with Gasteiger partial charge in [0.15, 0.2) is 0 Å². The van der Waals surface area contributed by atoms with Crippen LogP contribution in [0.25, 0.3) is 0 Å². The van der Waals surface area contributed by atoms with Crippen molar-refractivity contribution in [2.45, 2.75) is 45.2 Å². The maximum absolute atomic E-state index is 5.97. The fourth-order valence-corrected chi connectivity index (χ4v) is 3.47. The molecule has 0 aromatic heterocycles. The van der Waals surface area contributed by atoms with Crippen molar-refractivity contribution in [2.24, 2.45) is 17.6 Å². The van der Waals surface area contributed by atoms with E-state index in [9.17, 15) is 0 Å². The van der Waals surface area contributed by atoms with Gasteiger partial charge in [-0.2, -0.15) is 0 Å². The standard InChI is InChI=1S/C14H29N3/c1-11(12(2)15)9-17-8-6-14-13(10-17)5-4-7-16(14)3/h11-14H,4-10,15H2,1-3H3. The second-order valence-corrected chi connectivity index (χ2v) is 6.33. The second kappa shape index (κ2) is 5.68. The predicted molar refractivity (Wildman–Crippen MR) is 73.0 cm³/mol. The molecule has 0 aliphatic carbocycles. The lowest BCUT2D eigenvalue weighted by Gasteiger charge is -2.46. The summed E-state index contributed by atoms with van der Waals surface area (Å²) < 4.78 is 0. The Morgan fingerprint density at radius 2 is 2.00 bits per heavy atom. The molecular formula is C14H29N3. The zero-order chi connectivity index (χ0) is 12.4. The predicted octanol–water partition coefficient (Wildman–Crippen LogP) is 1.39. The minimum Gasteiger partial charge on any atom is -0.328 e. The zero-order valence-corrected chi connectivity index (χ0v) is 11.7. The van der Waals surface area contributed by atoms with Crippen LogP contribution in [0.3, 0.4) is 0 Å². The molecule has 0 bridgehead atoms. The summed E-state index contributed by atoms with van der Waals surface area (Å²) in [6, 6.07) is 1.17. The normalized spacial score (nSPS) is 35.3. The summed E-state index contributed by atoms with van der Waals surface area (Å²) in [5, 5.41) is 0. The SMILES string of the molecule is CC(N)C(C)CN1CCC2C(CCCN2C)C1. The highest BCUT2D eigenvalue weighted by Gasteiger charge is 2.34. The van der Waals surface area contributed by atoms with E-state index in [4.69, 9.17) is 5.73 Å². The maximum atomic E-state index is 5.97. The van der Waals surface area contributed by atoms with E-state index < -0.39 is 0 Å². The van der Waals surface area contributed by atoms with Gasteiger partial charge >= 0.3 is 0 Å². The van der Waals surface area contributed by atoms with Crippen LogP contribution in [0.4, 0.5) is 0 Å². The summed E-state index contributed by atoms with van der Waals surface area (Å²) in [7, 11) is 2.30. The average molecular weight is 239 g/mol. The van der Waals surface area contributed by atoms with Gasteiger partial charge in [0, 0.05) is 25.2 Å². The Hall–Kier alpha value is -0.120. The minimum absolute atomic E-state index is 0.321. The van der Waals surface area contributed by atoms with Crippen molar-refractivity contribution in [1.82, 2.24) is 9.80 Å². The molecule has 2 rings (SSSR count). The molecule has 0 aromatic rings. The highest BCUT2D eigenvalue weighted by molar-refractivity contribution is 4.89. The van der Waals surface area contributed by atoms with Crippen LogP contribution in [0.2, 0.25) is 0 Å². The largest absolute Gasteiger partial charge is 0.328 e. The third kappa shape index (κ3) is 3.21. The summed E-state index contributed by atoms with van der Waals surface area (Å²) in [6.45, 7) is 9.46. The molecule has 0 amide bonds. The molecule has 2 saturated heterocycles. The smallest absolute Gasteiger partial charge is 0.0145 e. The molecule has 0 radical (unpaired) electrons. The third-order valence-corrected chi connectivity index (χ3v) is 4.87. The average Bonchev–Trinajstić information content (AvgIpc) is 2.29. The van der Waals surface area contributed by atoms with Crippen LogP contribution < -0.4 is 5.73 Å². The molecule has 3 heteroatoms. The topological polar surface area (TPSA) is 32.5 Å². The van der Waals surface area contributed by atoms with Gasteiger partial charge in [-0.1, -0.05) is 6.92 Å². The Morgan fingerprint density at radius 3 is 2.71 bits per heavy atom. The Kier molecular flexibility index (Phi) is 4.45. The number of nitrogens with zero attached hydrogens (tertiary/aromatic N) is 2. The van der Waals surface area contributed by atoms with Gasteiger partial charge in [-0.15, -0.1) is 0 Å². The van der Waals surface area contributed by atoms with E-state index in [1.165, 1.54) is 45.4 Å². The Bertz CT molecular complexity index is 242. The minimum atomic E-state index is 0.321. The van der Waals surface area contributed by atoms with Crippen molar-refractivity contribution >= 4 is 0 Å². The van der Waals surface area contributed by atoms with Gasteiger partial charge in [-0.3, -0.25) is 0 Å². The molecule has 2 aliphatic rings. The number of rotatable bonds is 3. The number of hydrogen-bond acceptors (Lipinski definition) is 3. The molecule has 0 saturated carbocycles. The van der Waals surface area contributed by atoms with E-state index in [1.54, 1.807) is 0 Å². The van der Waals surface area contributed by atoms with Gasteiger partial charge in [-0.25, -0.2) is 0 Å². The quantitative estimate of drug-likeness (QED) is 0.808. The van der Waals surface area contributed by atoms with E-state index in [0.29, 0.717) is 12.0 Å². The van der Waals surface area contributed by atoms with Crippen molar-refractivity contribution in [3.05, 3.63) is 0 Å². The molecule has 2 heterocycles. The van der Waals surface area contributed by atoms with Crippen LogP contribution in [-0.4, -0.2) is 55.1 Å². The van der Waals surface area contributed by atoms with Crippen molar-refractivity contribution < 1.29 is 0 Å². The molecular weight excluding hydrogens is 210 g/mol. The molecule has 0 spiro atoms. The van der Waals surface area contributed by atoms with Gasteiger partial charge in [-0.05, 0) is 58.2 Å². The fraction of sp³-hybridized carbons (Fsp3) is 1.00. The lowest BCUT2D eigenvalue weighted by atomic mass is 9.84. The first-order chi connectivity index (χ1) is 8.08. The van der Waals surface area contributed by atoms with Crippen LogP contribution in [0, 0.1) is 11.8 Å². The van der Waals surface area contributed by atoms with Gasteiger partial charge in [0.2, 0.25) is 0 Å². The van der Waals surface area contributed by atoms with Gasteiger partial charge in [0.1, 0.15) is 0 Å². The number of hydrogen-bond donors (Lipinski definition) is 1. The molecule has 2 N–H and O–H groups in total. The third-order valence-electron chi connectivity index (χ3n) is 4.87. The Morgan fingerprint density at radius 1 is 1.24 bits per heavy atom. The van der Waals surface area contributed by atoms with Crippen LogP contribution in [0.1, 0.15) is 33.1 Å². The first kappa shape index (κ1) is 13.3. The molecule has 100 valence electrons. The van der Waals surface area contributed by atoms with E-state index >= 15 is 0 Å². The van der Waals surface area contributed by atoms with E-state index in [1.807, 2.05) is 0 Å². The van der Waals surface area contributed by atoms with Crippen LogP contribution in [-0.2, 0) is 0 Å².